The van der Waals surface area contributed by atoms with Crippen molar-refractivity contribution in [3.63, 3.8) is 0 Å². The van der Waals surface area contributed by atoms with E-state index in [0.717, 1.165) is 13.2 Å². The van der Waals surface area contributed by atoms with Crippen molar-refractivity contribution in [1.82, 2.24) is 15.2 Å². The smallest absolute Gasteiger partial charge is 0.338 e. The molecule has 1 aromatic heterocycles. The van der Waals surface area contributed by atoms with Crippen LogP contribution in [0.25, 0.3) is 0 Å². The number of carboxylic acid groups (broad SMARTS) is 1. The van der Waals surface area contributed by atoms with Gasteiger partial charge in [0.1, 0.15) is 6.04 Å². The van der Waals surface area contributed by atoms with Crippen LogP contribution < -0.4 is 5.32 Å². The maximum Gasteiger partial charge on any atom is 0.338 e. The highest BCUT2D eigenvalue weighted by molar-refractivity contribution is 7.11. The number of aliphatic imine (C=N–C) groups is 1. The molecule has 0 saturated carbocycles. The Morgan fingerprint density at radius 1 is 1.32 bits per heavy atom. The first-order valence-electron chi connectivity index (χ1n) is 12.6. The number of carboxylic acids is 1. The van der Waals surface area contributed by atoms with Crippen molar-refractivity contribution < 1.29 is 41.7 Å². The third-order valence-corrected chi connectivity index (χ3v) is 8.70. The minimum Gasteiger partial charge on any atom is -0.481 e. The van der Waals surface area contributed by atoms with Crippen LogP contribution >= 0.6 is 22.9 Å². The molecule has 0 aliphatic carbocycles. The molecular weight excluding hydrogens is 592 g/mol. The Morgan fingerprint density at radius 2 is 2.10 bits per heavy atom. The van der Waals surface area contributed by atoms with Crippen molar-refractivity contribution in [2.45, 2.75) is 30.8 Å². The van der Waals surface area contributed by atoms with Gasteiger partial charge >= 0.3 is 11.9 Å². The van der Waals surface area contributed by atoms with Gasteiger partial charge in [0, 0.05) is 47.3 Å². The molecule has 4 heterocycles. The molecule has 0 radical (unpaired) electrons. The third kappa shape index (κ3) is 5.83. The molecular formula is C26H25ClF4N4O5S. The number of carbonyl (C=O) groups excluding carboxylic acids is 1. The molecule has 15 heteroatoms. The molecule has 2 aromatic rings. The average molecular weight is 617 g/mol. The molecule has 5 rings (SSSR count). The lowest BCUT2D eigenvalue weighted by atomic mass is 9.87. The molecule has 0 bridgehead atoms. The van der Waals surface area contributed by atoms with Crippen molar-refractivity contribution in [2.75, 3.05) is 33.4 Å². The van der Waals surface area contributed by atoms with Gasteiger partial charge in [-0.05, 0) is 12.5 Å². The fourth-order valence-electron chi connectivity index (χ4n) is 5.59. The van der Waals surface area contributed by atoms with Gasteiger partial charge in [0.2, 0.25) is 0 Å². The quantitative estimate of drug-likeness (QED) is 0.272. The number of aliphatic carboxylic acids is 1. The Kier molecular flexibility index (Phi) is 8.37. The Balaban J connectivity index is 1.61. The van der Waals surface area contributed by atoms with E-state index >= 15 is 8.78 Å². The summed E-state index contributed by atoms with van der Waals surface area (Å²) in [6.45, 7) is -0.724. The normalized spacial score (nSPS) is 26.1. The molecule has 1 unspecified atom stereocenters. The number of thiazole rings is 1. The lowest BCUT2D eigenvalue weighted by Crippen LogP contribution is -2.48. The van der Waals surface area contributed by atoms with Crippen LogP contribution in [0.4, 0.5) is 17.6 Å². The first kappa shape index (κ1) is 29.4. The number of likely N-dealkylation sites (tertiary alicyclic amines) is 1. The fourth-order valence-corrected chi connectivity index (χ4v) is 6.43. The summed E-state index contributed by atoms with van der Waals surface area (Å²) >= 11 is 7.39. The lowest BCUT2D eigenvalue weighted by Gasteiger charge is -2.35. The maximum atomic E-state index is 15.5. The van der Waals surface area contributed by atoms with E-state index < -0.39 is 65.5 Å². The number of hydrogen-bond acceptors (Lipinski definition) is 9. The zero-order chi connectivity index (χ0) is 29.5. The van der Waals surface area contributed by atoms with E-state index in [0.29, 0.717) is 5.01 Å². The SMILES string of the molecule is COC(=O)C1=C(CN2CC(F)(F)[C@@H](CC(=O)O)CC3COC[C@H]32)NC(c2nccs2)=N[C@H]1c1ccc(F)c(F)c1Cl. The number of benzene rings is 1. The van der Waals surface area contributed by atoms with E-state index in [2.05, 4.69) is 15.3 Å². The number of halogens is 5. The number of carbonyl (C=O) groups is 2. The van der Waals surface area contributed by atoms with Crippen LogP contribution in [0.15, 0.2) is 40.0 Å². The molecule has 1 aromatic carbocycles. The van der Waals surface area contributed by atoms with Gasteiger partial charge < -0.3 is 19.9 Å². The van der Waals surface area contributed by atoms with Crippen LogP contribution in [-0.2, 0) is 19.1 Å². The Labute approximate surface area is 240 Å². The zero-order valence-electron chi connectivity index (χ0n) is 21.6. The highest BCUT2D eigenvalue weighted by Gasteiger charge is 2.51. The predicted octanol–water partition coefficient (Wildman–Crippen LogP) is 4.04. The summed E-state index contributed by atoms with van der Waals surface area (Å²) in [5.41, 5.74) is -0.0457. The first-order chi connectivity index (χ1) is 19.5. The average Bonchev–Trinajstić information content (AvgIpc) is 3.61. The van der Waals surface area contributed by atoms with Gasteiger partial charge in [-0.3, -0.25) is 14.7 Å². The summed E-state index contributed by atoms with van der Waals surface area (Å²) in [5.74, 6) is -9.71. The number of methoxy groups -OCH3 is 1. The second-order valence-corrected chi connectivity index (χ2v) is 11.3. The second kappa shape index (κ2) is 11.7. The number of nitrogens with zero attached hydrogens (tertiary/aromatic N) is 3. The van der Waals surface area contributed by atoms with Gasteiger partial charge in [0.05, 0.1) is 43.9 Å². The van der Waals surface area contributed by atoms with Gasteiger partial charge in [-0.15, -0.1) is 11.3 Å². The van der Waals surface area contributed by atoms with Gasteiger partial charge in [0.15, 0.2) is 22.5 Å². The van der Waals surface area contributed by atoms with Crippen LogP contribution in [0.2, 0.25) is 5.02 Å². The zero-order valence-corrected chi connectivity index (χ0v) is 23.2. The third-order valence-electron chi connectivity index (χ3n) is 7.54. The monoisotopic (exact) mass is 616 g/mol. The molecule has 4 atom stereocenters. The number of fused-ring (bicyclic) bond motifs is 1. The van der Waals surface area contributed by atoms with Crippen LogP contribution in [0.5, 0.6) is 0 Å². The van der Waals surface area contributed by atoms with E-state index in [1.165, 1.54) is 28.5 Å². The van der Waals surface area contributed by atoms with Crippen LogP contribution in [0.3, 0.4) is 0 Å². The maximum absolute atomic E-state index is 15.5. The Bertz CT molecular complexity index is 1410. The predicted molar refractivity (Wildman–Crippen MR) is 140 cm³/mol. The Morgan fingerprint density at radius 3 is 2.78 bits per heavy atom. The summed E-state index contributed by atoms with van der Waals surface area (Å²) in [6.07, 6.45) is 0.771. The first-order valence-corrected chi connectivity index (χ1v) is 13.9. The second-order valence-electron chi connectivity index (χ2n) is 10.1. The highest BCUT2D eigenvalue weighted by Crippen LogP contribution is 2.43. The number of esters is 1. The van der Waals surface area contributed by atoms with Gasteiger partial charge in [-0.25, -0.2) is 27.3 Å². The minimum absolute atomic E-state index is 0.0381. The molecule has 41 heavy (non-hydrogen) atoms. The summed E-state index contributed by atoms with van der Waals surface area (Å²) in [4.78, 5) is 34.8. The van der Waals surface area contributed by atoms with Crippen LogP contribution in [-0.4, -0.2) is 78.1 Å². The van der Waals surface area contributed by atoms with Gasteiger partial charge in [0.25, 0.3) is 5.92 Å². The summed E-state index contributed by atoms with van der Waals surface area (Å²) in [5, 5.41) is 13.8. The highest BCUT2D eigenvalue weighted by atomic mass is 35.5. The minimum atomic E-state index is -3.36. The van der Waals surface area contributed by atoms with Crippen molar-refractivity contribution >= 4 is 40.7 Å². The van der Waals surface area contributed by atoms with E-state index in [-0.39, 0.29) is 54.8 Å². The summed E-state index contributed by atoms with van der Waals surface area (Å²) < 4.78 is 70.1. The van der Waals surface area contributed by atoms with Gasteiger partial charge in [-0.2, -0.15) is 0 Å². The molecule has 2 fully saturated rings. The summed E-state index contributed by atoms with van der Waals surface area (Å²) in [6, 6.07) is 0.255. The van der Waals surface area contributed by atoms with Crippen molar-refractivity contribution in [3.8, 4) is 0 Å². The molecule has 0 spiro atoms. The van der Waals surface area contributed by atoms with Crippen LogP contribution in [0, 0.1) is 23.5 Å². The number of nitrogens with one attached hydrogen (secondary N) is 1. The number of ether oxygens (including phenoxy) is 2. The van der Waals surface area contributed by atoms with Crippen molar-refractivity contribution in [2.24, 2.45) is 16.8 Å². The molecule has 9 nitrogen and oxygen atoms in total. The van der Waals surface area contributed by atoms with Crippen molar-refractivity contribution in [3.05, 3.63) is 62.2 Å². The molecule has 0 amide bonds. The number of aromatic nitrogens is 1. The van der Waals surface area contributed by atoms with E-state index in [4.69, 9.17) is 21.1 Å². The molecule has 3 aliphatic rings. The summed E-state index contributed by atoms with van der Waals surface area (Å²) in [7, 11) is 1.12. The molecule has 3 aliphatic heterocycles. The van der Waals surface area contributed by atoms with E-state index in [9.17, 15) is 23.5 Å². The lowest BCUT2D eigenvalue weighted by molar-refractivity contribution is -0.144. The molecule has 2 N–H and O–H groups in total. The largest absolute Gasteiger partial charge is 0.481 e. The number of rotatable bonds is 7. The van der Waals surface area contributed by atoms with E-state index in [1.807, 2.05) is 0 Å². The standard InChI is InChI=1S/C26H25ClF4N4O5S/c1-39-25(38)19-16(8-35-11-26(30,31)13(7-18(36)37)6-12-9-40-10-17(12)35)33-23(24-32-4-5-41-24)34-22(19)14-2-3-15(28)21(29)20(14)27/h2-5,12-13,17,22H,6-11H2,1H3,(H,33,34)(H,36,37)/t12?,13-,17-,22+/m1/s1. The number of hydrogen-bond donors (Lipinski definition) is 2. The van der Waals surface area contributed by atoms with Crippen molar-refractivity contribution in [1.29, 1.82) is 0 Å². The van der Waals surface area contributed by atoms with E-state index in [1.54, 1.807) is 5.38 Å². The Hall–Kier alpha value is -3.07. The fraction of sp³-hybridized carbons (Fsp3) is 0.462. The van der Waals surface area contributed by atoms with Gasteiger partial charge in [-0.1, -0.05) is 17.7 Å². The topological polar surface area (TPSA) is 113 Å². The number of amidine groups is 1. The molecule has 2 saturated heterocycles. The van der Waals surface area contributed by atoms with Crippen LogP contribution in [0.1, 0.15) is 29.5 Å². The molecule has 220 valence electrons. The number of alkyl halides is 2.